The average molecular weight is 326 g/mol. The monoisotopic (exact) mass is 326 g/mol. The predicted molar refractivity (Wildman–Crippen MR) is 67.3 cm³/mol. The highest BCUT2D eigenvalue weighted by Gasteiger charge is 2.62. The fourth-order valence-electron chi connectivity index (χ4n) is 2.98. The van der Waals surface area contributed by atoms with E-state index < -0.39 is 74.3 Å². The second kappa shape index (κ2) is 6.61. The third kappa shape index (κ3) is 2.65. The van der Waals surface area contributed by atoms with Crippen LogP contribution < -0.4 is 0 Å². The molecule has 10 heteroatoms. The summed E-state index contributed by atoms with van der Waals surface area (Å²) in [4.78, 5) is 0. The van der Waals surface area contributed by atoms with Crippen LogP contribution in [-0.2, 0) is 9.47 Å². The molecule has 2 heterocycles. The van der Waals surface area contributed by atoms with Crippen molar-refractivity contribution in [3.63, 3.8) is 0 Å². The molecule has 8 N–H and O–H groups in total. The molecule has 0 unspecified atom stereocenters. The lowest BCUT2D eigenvalue weighted by atomic mass is 9.72. The van der Waals surface area contributed by atoms with Gasteiger partial charge < -0.3 is 50.3 Å². The number of rotatable bonds is 3. The summed E-state index contributed by atoms with van der Waals surface area (Å²) in [5.41, 5.74) is -2.54. The van der Waals surface area contributed by atoms with Crippen LogP contribution in [-0.4, -0.2) is 109 Å². The molecule has 9 atom stereocenters. The molecular weight excluding hydrogens is 304 g/mol. The van der Waals surface area contributed by atoms with Crippen LogP contribution in [0.25, 0.3) is 0 Å². The second-order valence-corrected chi connectivity index (χ2v) is 5.67. The first-order chi connectivity index (χ1) is 10.3. The molecule has 0 saturated carbocycles. The van der Waals surface area contributed by atoms with Crippen LogP contribution in [0.15, 0.2) is 0 Å². The zero-order valence-corrected chi connectivity index (χ0v) is 11.6. The quantitative estimate of drug-likeness (QED) is 0.250. The Morgan fingerprint density at radius 3 is 2.00 bits per heavy atom. The summed E-state index contributed by atoms with van der Waals surface area (Å²) in [7, 11) is 0. The smallest absolute Gasteiger partial charge is 0.187 e. The van der Waals surface area contributed by atoms with Gasteiger partial charge in [-0.2, -0.15) is 0 Å². The van der Waals surface area contributed by atoms with Crippen molar-refractivity contribution in [2.45, 2.75) is 48.5 Å². The van der Waals surface area contributed by atoms with Crippen LogP contribution in [0.3, 0.4) is 0 Å². The number of aliphatic hydroxyl groups is 8. The summed E-state index contributed by atoms with van der Waals surface area (Å²) in [5.74, 6) is -1.40. The van der Waals surface area contributed by atoms with Crippen LogP contribution in [0.5, 0.6) is 0 Å². The summed E-state index contributed by atoms with van der Waals surface area (Å²) in [5, 5.41) is 78.4. The van der Waals surface area contributed by atoms with E-state index in [0.29, 0.717) is 0 Å². The summed E-state index contributed by atoms with van der Waals surface area (Å²) in [6, 6.07) is 0. The number of hydrogen-bond acceptors (Lipinski definition) is 10. The molecule has 0 spiro atoms. The van der Waals surface area contributed by atoms with E-state index in [1.54, 1.807) is 0 Å². The fraction of sp³-hybridized carbons (Fsp3) is 1.00. The van der Waals surface area contributed by atoms with Crippen molar-refractivity contribution in [3.05, 3.63) is 0 Å². The first-order valence-corrected chi connectivity index (χ1v) is 6.90. The SMILES string of the molecule is OC[C@H]1O[C@H](O)[C@@](O)([C@@H]2CO[C@H](CO)[C@@H](O)[C@@H]2O)[C@@H](O)[C@@H]1O. The maximum absolute atomic E-state index is 10.6. The Kier molecular flexibility index (Phi) is 5.39. The molecule has 10 nitrogen and oxygen atoms in total. The van der Waals surface area contributed by atoms with Gasteiger partial charge in [-0.1, -0.05) is 0 Å². The summed E-state index contributed by atoms with van der Waals surface area (Å²) >= 11 is 0. The van der Waals surface area contributed by atoms with Gasteiger partial charge in [-0.15, -0.1) is 0 Å². The van der Waals surface area contributed by atoms with E-state index in [0.717, 1.165) is 0 Å². The first-order valence-electron chi connectivity index (χ1n) is 6.90. The van der Waals surface area contributed by atoms with Crippen LogP contribution in [0.4, 0.5) is 0 Å². The van der Waals surface area contributed by atoms with Crippen molar-refractivity contribution in [2.75, 3.05) is 19.8 Å². The maximum atomic E-state index is 10.6. The molecule has 0 aromatic rings. The Morgan fingerprint density at radius 1 is 0.864 bits per heavy atom. The molecule has 2 saturated heterocycles. The molecule has 0 aromatic heterocycles. The fourth-order valence-corrected chi connectivity index (χ4v) is 2.98. The van der Waals surface area contributed by atoms with Crippen molar-refractivity contribution >= 4 is 0 Å². The van der Waals surface area contributed by atoms with Gasteiger partial charge in [0.25, 0.3) is 0 Å². The molecule has 0 amide bonds. The molecule has 22 heavy (non-hydrogen) atoms. The summed E-state index contributed by atoms with van der Waals surface area (Å²) in [6.45, 7) is -1.68. The van der Waals surface area contributed by atoms with Crippen molar-refractivity contribution < 1.29 is 50.3 Å². The average Bonchev–Trinajstić information content (AvgIpc) is 2.51. The third-order valence-electron chi connectivity index (χ3n) is 4.46. The second-order valence-electron chi connectivity index (χ2n) is 5.67. The molecule has 0 bridgehead atoms. The van der Waals surface area contributed by atoms with Gasteiger partial charge >= 0.3 is 0 Å². The Morgan fingerprint density at radius 2 is 1.45 bits per heavy atom. The highest BCUT2D eigenvalue weighted by Crippen LogP contribution is 2.39. The molecule has 130 valence electrons. The van der Waals surface area contributed by atoms with Gasteiger partial charge in [0.1, 0.15) is 30.5 Å². The zero-order valence-electron chi connectivity index (χ0n) is 11.6. The van der Waals surface area contributed by atoms with E-state index in [-0.39, 0.29) is 0 Å². The van der Waals surface area contributed by atoms with Gasteiger partial charge in [0.05, 0.1) is 25.9 Å². The normalized spacial score (nSPS) is 53.5. The Bertz CT molecular complexity index is 381. The molecule has 2 rings (SSSR count). The van der Waals surface area contributed by atoms with Gasteiger partial charge in [0.15, 0.2) is 11.9 Å². The minimum absolute atomic E-state index is 0.409. The molecule has 0 aromatic carbocycles. The van der Waals surface area contributed by atoms with Gasteiger partial charge in [0.2, 0.25) is 0 Å². The molecule has 2 aliphatic rings. The van der Waals surface area contributed by atoms with Crippen LogP contribution in [0.2, 0.25) is 0 Å². The predicted octanol–water partition coefficient (Wildman–Crippen LogP) is -5.12. The van der Waals surface area contributed by atoms with E-state index in [2.05, 4.69) is 0 Å². The topological polar surface area (TPSA) is 180 Å². The molecule has 2 fully saturated rings. The molecule has 0 radical (unpaired) electrons. The van der Waals surface area contributed by atoms with Gasteiger partial charge in [-0.3, -0.25) is 0 Å². The lowest BCUT2D eigenvalue weighted by molar-refractivity contribution is -0.361. The minimum Gasteiger partial charge on any atom is -0.394 e. The zero-order chi connectivity index (χ0) is 16.7. The Labute approximate surface area is 125 Å². The summed E-state index contributed by atoms with van der Waals surface area (Å²) < 4.78 is 9.97. The lowest BCUT2D eigenvalue weighted by Crippen LogP contribution is -2.73. The van der Waals surface area contributed by atoms with E-state index >= 15 is 0 Å². The number of aliphatic hydroxyl groups excluding tert-OH is 7. The van der Waals surface area contributed by atoms with Gasteiger partial charge in [0, 0.05) is 5.92 Å². The Hall–Kier alpha value is -0.400. The maximum Gasteiger partial charge on any atom is 0.187 e. The van der Waals surface area contributed by atoms with Crippen molar-refractivity contribution in [1.29, 1.82) is 0 Å². The van der Waals surface area contributed by atoms with E-state index in [1.165, 1.54) is 0 Å². The van der Waals surface area contributed by atoms with Gasteiger partial charge in [-0.25, -0.2) is 0 Å². The molecular formula is C12H22O10. The van der Waals surface area contributed by atoms with E-state index in [4.69, 9.17) is 19.7 Å². The van der Waals surface area contributed by atoms with Crippen molar-refractivity contribution in [2.24, 2.45) is 5.92 Å². The van der Waals surface area contributed by atoms with Crippen LogP contribution in [0, 0.1) is 5.92 Å². The van der Waals surface area contributed by atoms with E-state index in [1.807, 2.05) is 0 Å². The number of hydrogen-bond donors (Lipinski definition) is 8. The van der Waals surface area contributed by atoms with E-state index in [9.17, 15) is 30.6 Å². The van der Waals surface area contributed by atoms with Crippen LogP contribution >= 0.6 is 0 Å². The minimum atomic E-state index is -2.54. The van der Waals surface area contributed by atoms with Gasteiger partial charge in [-0.05, 0) is 0 Å². The third-order valence-corrected chi connectivity index (χ3v) is 4.46. The first kappa shape index (κ1) is 17.9. The number of ether oxygens (including phenoxy) is 2. The largest absolute Gasteiger partial charge is 0.394 e. The van der Waals surface area contributed by atoms with Crippen LogP contribution in [0.1, 0.15) is 0 Å². The van der Waals surface area contributed by atoms with Crippen molar-refractivity contribution in [3.8, 4) is 0 Å². The summed E-state index contributed by atoms with van der Waals surface area (Å²) in [6.07, 6.45) is -11.3. The highest BCUT2D eigenvalue weighted by atomic mass is 16.6. The highest BCUT2D eigenvalue weighted by molar-refractivity contribution is 5.07. The Balaban J connectivity index is 2.25. The standard InChI is InChI=1S/C12H22O10/c13-1-5-8(16)7(15)4(3-21-5)12(20)10(18)9(17)6(2-14)22-11(12)19/h4-11,13-20H,1-3H2/t4-,5-,6-,7-,8-,9-,10+,11+,12-/m1/s1. The lowest BCUT2D eigenvalue weighted by Gasteiger charge is -2.52. The molecule has 0 aliphatic carbocycles. The van der Waals surface area contributed by atoms with Crippen molar-refractivity contribution in [1.82, 2.24) is 0 Å². The molecule has 2 aliphatic heterocycles.